The highest BCUT2D eigenvalue weighted by Crippen LogP contribution is 2.30. The van der Waals surface area contributed by atoms with E-state index in [0.29, 0.717) is 24.5 Å². The van der Waals surface area contributed by atoms with E-state index in [4.69, 9.17) is 14.9 Å². The molecule has 1 fully saturated rings. The standard InChI is InChI=1S/C11H17NO4S/c1-15-6-9-2-3-10(16-9)11(12)8-4-5-17(13,14)7-8/h2-3,8,11H,4-7,12H2,1H3. The van der Waals surface area contributed by atoms with Gasteiger partial charge in [0.25, 0.3) is 0 Å². The molecule has 1 aromatic heterocycles. The van der Waals surface area contributed by atoms with Crippen LogP contribution in [0.4, 0.5) is 0 Å². The summed E-state index contributed by atoms with van der Waals surface area (Å²) in [7, 11) is -1.31. The van der Waals surface area contributed by atoms with E-state index < -0.39 is 9.84 Å². The SMILES string of the molecule is COCc1ccc(C(N)C2CCS(=O)(=O)C2)o1. The van der Waals surface area contributed by atoms with Gasteiger partial charge in [-0.2, -0.15) is 0 Å². The first-order chi connectivity index (χ1) is 8.02. The molecule has 1 aliphatic heterocycles. The summed E-state index contributed by atoms with van der Waals surface area (Å²) in [6.07, 6.45) is 0.615. The molecule has 0 aliphatic carbocycles. The minimum Gasteiger partial charge on any atom is -0.462 e. The smallest absolute Gasteiger partial charge is 0.150 e. The summed E-state index contributed by atoms with van der Waals surface area (Å²) in [5.41, 5.74) is 6.03. The summed E-state index contributed by atoms with van der Waals surface area (Å²) in [5.74, 6) is 1.70. The lowest BCUT2D eigenvalue weighted by Crippen LogP contribution is -2.21. The highest BCUT2D eigenvalue weighted by molar-refractivity contribution is 7.91. The van der Waals surface area contributed by atoms with Crippen molar-refractivity contribution in [2.75, 3.05) is 18.6 Å². The number of methoxy groups -OCH3 is 1. The van der Waals surface area contributed by atoms with Crippen LogP contribution in [0, 0.1) is 5.92 Å². The quantitative estimate of drug-likeness (QED) is 0.867. The van der Waals surface area contributed by atoms with Gasteiger partial charge in [0.1, 0.15) is 18.1 Å². The van der Waals surface area contributed by atoms with Gasteiger partial charge in [0.05, 0.1) is 17.5 Å². The summed E-state index contributed by atoms with van der Waals surface area (Å²) in [5, 5.41) is 0. The molecule has 5 nitrogen and oxygen atoms in total. The highest BCUT2D eigenvalue weighted by Gasteiger charge is 2.33. The van der Waals surface area contributed by atoms with Gasteiger partial charge in [-0.05, 0) is 24.5 Å². The zero-order valence-electron chi connectivity index (χ0n) is 9.76. The van der Waals surface area contributed by atoms with Gasteiger partial charge in [0.2, 0.25) is 0 Å². The lowest BCUT2D eigenvalue weighted by atomic mass is 9.98. The average molecular weight is 259 g/mol. The number of sulfone groups is 1. The summed E-state index contributed by atoms with van der Waals surface area (Å²) >= 11 is 0. The zero-order chi connectivity index (χ0) is 12.5. The summed E-state index contributed by atoms with van der Waals surface area (Å²) < 4.78 is 33.2. The third-order valence-electron chi connectivity index (χ3n) is 3.07. The number of ether oxygens (including phenoxy) is 1. The molecule has 0 aromatic carbocycles. The average Bonchev–Trinajstić information content (AvgIpc) is 2.85. The third-order valence-corrected chi connectivity index (χ3v) is 4.87. The van der Waals surface area contributed by atoms with Crippen LogP contribution in [-0.2, 0) is 21.2 Å². The molecule has 0 amide bonds. The Labute approximate surface area is 101 Å². The van der Waals surface area contributed by atoms with Crippen molar-refractivity contribution in [3.05, 3.63) is 23.7 Å². The number of nitrogens with two attached hydrogens (primary N) is 1. The Hall–Kier alpha value is -0.850. The minimum atomic E-state index is -2.90. The zero-order valence-corrected chi connectivity index (χ0v) is 10.6. The van der Waals surface area contributed by atoms with E-state index in [1.807, 2.05) is 6.07 Å². The van der Waals surface area contributed by atoms with Crippen LogP contribution >= 0.6 is 0 Å². The Morgan fingerprint density at radius 1 is 1.59 bits per heavy atom. The normalized spacial score (nSPS) is 24.9. The first-order valence-corrected chi connectivity index (χ1v) is 7.37. The maximum absolute atomic E-state index is 11.4. The molecule has 6 heteroatoms. The molecular weight excluding hydrogens is 242 g/mol. The van der Waals surface area contributed by atoms with Crippen LogP contribution in [0.5, 0.6) is 0 Å². The second-order valence-corrected chi connectivity index (χ2v) is 6.65. The van der Waals surface area contributed by atoms with Crippen LogP contribution < -0.4 is 5.73 Å². The fraction of sp³-hybridized carbons (Fsp3) is 0.636. The van der Waals surface area contributed by atoms with Gasteiger partial charge in [-0.1, -0.05) is 0 Å². The predicted molar refractivity (Wildman–Crippen MR) is 63.1 cm³/mol. The molecule has 2 unspecified atom stereocenters. The highest BCUT2D eigenvalue weighted by atomic mass is 32.2. The molecule has 0 spiro atoms. The molecule has 2 N–H and O–H groups in total. The van der Waals surface area contributed by atoms with Crippen molar-refractivity contribution in [1.82, 2.24) is 0 Å². The molecule has 2 rings (SSSR count). The Balaban J connectivity index is 2.06. The fourth-order valence-electron chi connectivity index (χ4n) is 2.13. The topological polar surface area (TPSA) is 82.5 Å². The van der Waals surface area contributed by atoms with Crippen molar-refractivity contribution >= 4 is 9.84 Å². The summed E-state index contributed by atoms with van der Waals surface area (Å²) in [6, 6.07) is 3.25. The maximum atomic E-state index is 11.4. The van der Waals surface area contributed by atoms with E-state index in [2.05, 4.69) is 0 Å². The van der Waals surface area contributed by atoms with Crippen molar-refractivity contribution < 1.29 is 17.6 Å². The van der Waals surface area contributed by atoms with E-state index in [9.17, 15) is 8.42 Å². The van der Waals surface area contributed by atoms with E-state index in [-0.39, 0.29) is 23.5 Å². The van der Waals surface area contributed by atoms with Crippen LogP contribution in [0.25, 0.3) is 0 Å². The molecule has 96 valence electrons. The molecule has 2 atom stereocenters. The van der Waals surface area contributed by atoms with Gasteiger partial charge in [-0.25, -0.2) is 8.42 Å². The monoisotopic (exact) mass is 259 g/mol. The van der Waals surface area contributed by atoms with Crippen molar-refractivity contribution in [1.29, 1.82) is 0 Å². The van der Waals surface area contributed by atoms with Gasteiger partial charge < -0.3 is 14.9 Å². The molecule has 1 aliphatic rings. The molecule has 0 radical (unpaired) electrons. The van der Waals surface area contributed by atoms with E-state index >= 15 is 0 Å². The molecule has 0 bridgehead atoms. The lowest BCUT2D eigenvalue weighted by Gasteiger charge is -2.14. The van der Waals surface area contributed by atoms with Crippen molar-refractivity contribution in [3.63, 3.8) is 0 Å². The Kier molecular flexibility index (Phi) is 3.56. The van der Waals surface area contributed by atoms with Gasteiger partial charge >= 0.3 is 0 Å². The van der Waals surface area contributed by atoms with Crippen LogP contribution in [0.2, 0.25) is 0 Å². The number of hydrogen-bond acceptors (Lipinski definition) is 5. The van der Waals surface area contributed by atoms with Gasteiger partial charge in [-0.3, -0.25) is 0 Å². The van der Waals surface area contributed by atoms with Crippen molar-refractivity contribution in [3.8, 4) is 0 Å². The Morgan fingerprint density at radius 3 is 2.94 bits per heavy atom. The molecule has 1 saturated heterocycles. The van der Waals surface area contributed by atoms with Crippen LogP contribution in [0.3, 0.4) is 0 Å². The second kappa shape index (κ2) is 4.80. The summed E-state index contributed by atoms with van der Waals surface area (Å²) in [4.78, 5) is 0. The van der Waals surface area contributed by atoms with Crippen LogP contribution in [0.1, 0.15) is 24.0 Å². The molecule has 2 heterocycles. The largest absolute Gasteiger partial charge is 0.462 e. The van der Waals surface area contributed by atoms with Gasteiger partial charge in [0, 0.05) is 7.11 Å². The van der Waals surface area contributed by atoms with Crippen molar-refractivity contribution in [2.24, 2.45) is 11.7 Å². The third kappa shape index (κ3) is 2.88. The molecule has 17 heavy (non-hydrogen) atoms. The fourth-order valence-corrected chi connectivity index (χ4v) is 3.99. The van der Waals surface area contributed by atoms with E-state index in [1.54, 1.807) is 13.2 Å². The first kappa shape index (κ1) is 12.6. The second-order valence-electron chi connectivity index (χ2n) is 4.43. The predicted octanol–water partition coefficient (Wildman–Crippen LogP) is 0.861. The number of rotatable bonds is 4. The van der Waals surface area contributed by atoms with Gasteiger partial charge in [0.15, 0.2) is 9.84 Å². The minimum absolute atomic E-state index is 0.0402. The van der Waals surface area contributed by atoms with E-state index in [1.165, 1.54) is 0 Å². The lowest BCUT2D eigenvalue weighted by molar-refractivity contribution is 0.161. The van der Waals surface area contributed by atoms with Gasteiger partial charge in [-0.15, -0.1) is 0 Å². The summed E-state index contributed by atoms with van der Waals surface area (Å²) in [6.45, 7) is 0.398. The maximum Gasteiger partial charge on any atom is 0.150 e. The number of furan rings is 1. The molecular formula is C11H17NO4S. The Morgan fingerprint density at radius 2 is 2.35 bits per heavy atom. The first-order valence-electron chi connectivity index (χ1n) is 5.55. The number of hydrogen-bond donors (Lipinski definition) is 1. The molecule has 0 saturated carbocycles. The van der Waals surface area contributed by atoms with Crippen molar-refractivity contribution in [2.45, 2.75) is 19.1 Å². The van der Waals surface area contributed by atoms with Crippen LogP contribution in [0.15, 0.2) is 16.5 Å². The van der Waals surface area contributed by atoms with Crippen LogP contribution in [-0.4, -0.2) is 27.0 Å². The van der Waals surface area contributed by atoms with E-state index in [0.717, 1.165) is 0 Å². The molecule has 1 aromatic rings. The Bertz CT molecular complexity index is 479.